The van der Waals surface area contributed by atoms with Crippen LogP contribution in [0.1, 0.15) is 48.5 Å². The van der Waals surface area contributed by atoms with Crippen LogP contribution < -0.4 is 0 Å². The highest BCUT2D eigenvalue weighted by molar-refractivity contribution is 8.01. The molecule has 0 radical (unpaired) electrons. The van der Waals surface area contributed by atoms with Crippen LogP contribution >= 0.6 is 11.8 Å². The van der Waals surface area contributed by atoms with E-state index in [2.05, 4.69) is 20.8 Å². The summed E-state index contributed by atoms with van der Waals surface area (Å²) >= 11 is 1.63. The molecule has 84 valence electrons. The lowest BCUT2D eigenvalue weighted by Crippen LogP contribution is -2.30. The molecule has 0 saturated heterocycles. The van der Waals surface area contributed by atoms with Crippen molar-refractivity contribution in [1.82, 2.24) is 0 Å². The van der Waals surface area contributed by atoms with Crippen molar-refractivity contribution in [3.8, 4) is 0 Å². The molecule has 0 spiro atoms. The van der Waals surface area contributed by atoms with E-state index in [9.17, 15) is 4.79 Å². The molecule has 0 fully saturated rings. The normalized spacial score (nSPS) is 15.1. The predicted octanol–water partition coefficient (Wildman–Crippen LogP) is 3.25. The molecule has 0 aromatic rings. The molecule has 0 N–H and O–H groups in total. The fourth-order valence-corrected chi connectivity index (χ4v) is 2.17. The first-order valence-electron chi connectivity index (χ1n) is 4.92. The smallest absolute Gasteiger partial charge is 0.319 e. The molecule has 3 heteroatoms. The molecule has 0 heterocycles. The average Bonchev–Trinajstić information content (AvgIpc) is 1.78. The number of carbonyl (C=O) groups is 1. The van der Waals surface area contributed by atoms with Crippen molar-refractivity contribution < 1.29 is 9.53 Å². The van der Waals surface area contributed by atoms with Crippen LogP contribution in [0.3, 0.4) is 0 Å². The molecule has 0 saturated carbocycles. The van der Waals surface area contributed by atoms with Crippen molar-refractivity contribution in [3.05, 3.63) is 0 Å². The highest BCUT2D eigenvalue weighted by Crippen LogP contribution is 2.29. The molecule has 0 aliphatic heterocycles. The van der Waals surface area contributed by atoms with Crippen LogP contribution in [0.2, 0.25) is 0 Å². The number of ether oxygens (including phenoxy) is 1. The zero-order valence-electron chi connectivity index (χ0n) is 10.3. The third kappa shape index (κ3) is 7.25. The first kappa shape index (κ1) is 13.8. The summed E-state index contributed by atoms with van der Waals surface area (Å²) in [6.07, 6.45) is 0. The summed E-state index contributed by atoms with van der Waals surface area (Å²) in [5, 5.41) is -0.103. The fraction of sp³-hybridized carbons (Fsp3) is 0.909. The molecule has 2 nitrogen and oxygen atoms in total. The predicted molar refractivity (Wildman–Crippen MR) is 62.7 cm³/mol. The lowest BCUT2D eigenvalue weighted by Gasteiger charge is -2.25. The van der Waals surface area contributed by atoms with E-state index in [1.807, 2.05) is 27.7 Å². The lowest BCUT2D eigenvalue weighted by atomic mass is 10.2. The average molecular weight is 218 g/mol. The van der Waals surface area contributed by atoms with Gasteiger partial charge in [0.05, 0.1) is 0 Å². The molecular weight excluding hydrogens is 196 g/mol. The van der Waals surface area contributed by atoms with Gasteiger partial charge >= 0.3 is 5.97 Å². The van der Waals surface area contributed by atoms with Gasteiger partial charge in [-0.1, -0.05) is 20.8 Å². The van der Waals surface area contributed by atoms with E-state index in [1.165, 1.54) is 0 Å². The molecule has 1 atom stereocenters. The summed E-state index contributed by atoms with van der Waals surface area (Å²) in [7, 11) is 0. The highest BCUT2D eigenvalue weighted by atomic mass is 32.2. The highest BCUT2D eigenvalue weighted by Gasteiger charge is 2.25. The van der Waals surface area contributed by atoms with Crippen molar-refractivity contribution in [2.75, 3.05) is 0 Å². The minimum atomic E-state index is -0.385. The Hall–Kier alpha value is -0.180. The van der Waals surface area contributed by atoms with Gasteiger partial charge in [0.15, 0.2) is 0 Å². The summed E-state index contributed by atoms with van der Waals surface area (Å²) in [5.41, 5.74) is -0.385. The second-order valence-electron chi connectivity index (χ2n) is 5.41. The van der Waals surface area contributed by atoms with Crippen LogP contribution in [0.25, 0.3) is 0 Å². The maximum atomic E-state index is 11.6. The number of esters is 1. The van der Waals surface area contributed by atoms with Gasteiger partial charge in [-0.05, 0) is 27.7 Å². The summed E-state index contributed by atoms with van der Waals surface area (Å²) < 4.78 is 5.38. The van der Waals surface area contributed by atoms with Crippen molar-refractivity contribution in [2.45, 2.75) is 64.1 Å². The minimum Gasteiger partial charge on any atom is -0.459 e. The Kier molecular flexibility index (Phi) is 4.50. The summed E-state index contributed by atoms with van der Waals surface area (Å²) in [5.74, 6) is -0.127. The largest absolute Gasteiger partial charge is 0.459 e. The molecule has 0 aromatic heterocycles. The molecule has 0 aliphatic rings. The number of hydrogen-bond acceptors (Lipinski definition) is 3. The third-order valence-corrected chi connectivity index (χ3v) is 2.52. The number of hydrogen-bond donors (Lipinski definition) is 0. The quantitative estimate of drug-likeness (QED) is 0.666. The van der Waals surface area contributed by atoms with Gasteiger partial charge in [-0.25, -0.2) is 0 Å². The first-order valence-corrected chi connectivity index (χ1v) is 5.80. The Labute approximate surface area is 91.8 Å². The van der Waals surface area contributed by atoms with Crippen LogP contribution in [0.15, 0.2) is 0 Å². The van der Waals surface area contributed by atoms with E-state index >= 15 is 0 Å². The van der Waals surface area contributed by atoms with Gasteiger partial charge in [-0.15, -0.1) is 11.8 Å². The molecule has 1 unspecified atom stereocenters. The maximum Gasteiger partial charge on any atom is 0.319 e. The van der Waals surface area contributed by atoms with Gasteiger partial charge in [-0.2, -0.15) is 0 Å². The summed E-state index contributed by atoms with van der Waals surface area (Å²) in [4.78, 5) is 11.6. The second-order valence-corrected chi connectivity index (χ2v) is 7.57. The summed E-state index contributed by atoms with van der Waals surface area (Å²) in [6.45, 7) is 13.8. The molecular formula is C11H22O2S. The zero-order valence-corrected chi connectivity index (χ0v) is 11.1. The van der Waals surface area contributed by atoms with Gasteiger partial charge < -0.3 is 4.74 Å². The fourth-order valence-electron chi connectivity index (χ4n) is 0.963. The molecule has 0 aromatic carbocycles. The Balaban J connectivity index is 4.15. The number of carbonyl (C=O) groups excluding carboxylic acids is 1. The zero-order chi connectivity index (χ0) is 11.6. The standard InChI is InChI=1S/C11H22O2S/c1-8(14-11(5,6)7)9(12)13-10(2,3)4/h8H,1-7H3. The van der Waals surface area contributed by atoms with E-state index in [0.29, 0.717) is 0 Å². The van der Waals surface area contributed by atoms with E-state index in [-0.39, 0.29) is 21.6 Å². The molecule has 0 bridgehead atoms. The molecule has 0 aliphatic carbocycles. The third-order valence-electron chi connectivity index (χ3n) is 1.27. The van der Waals surface area contributed by atoms with Crippen LogP contribution in [-0.4, -0.2) is 21.6 Å². The van der Waals surface area contributed by atoms with Gasteiger partial charge in [-0.3, -0.25) is 4.79 Å². The first-order chi connectivity index (χ1) is 6.01. The monoisotopic (exact) mass is 218 g/mol. The molecule has 0 rings (SSSR count). The second kappa shape index (κ2) is 4.56. The van der Waals surface area contributed by atoms with E-state index in [0.717, 1.165) is 0 Å². The van der Waals surface area contributed by atoms with Crippen molar-refractivity contribution in [3.63, 3.8) is 0 Å². The van der Waals surface area contributed by atoms with E-state index in [4.69, 9.17) is 4.74 Å². The number of rotatable bonds is 2. The van der Waals surface area contributed by atoms with Crippen molar-refractivity contribution in [1.29, 1.82) is 0 Å². The summed E-state index contributed by atoms with van der Waals surface area (Å²) in [6, 6.07) is 0. The van der Waals surface area contributed by atoms with Gasteiger partial charge in [0.2, 0.25) is 0 Å². The Bertz CT molecular complexity index is 198. The molecule has 0 amide bonds. The Morgan fingerprint density at radius 1 is 1.14 bits per heavy atom. The number of thioether (sulfide) groups is 1. The SMILES string of the molecule is CC(SC(C)(C)C)C(=O)OC(C)(C)C. The van der Waals surface area contributed by atoms with Gasteiger partial charge in [0.1, 0.15) is 10.9 Å². The topological polar surface area (TPSA) is 26.3 Å². The Morgan fingerprint density at radius 3 is 1.86 bits per heavy atom. The minimum absolute atomic E-state index is 0.0936. The van der Waals surface area contributed by atoms with Crippen LogP contribution in [0.4, 0.5) is 0 Å². The van der Waals surface area contributed by atoms with E-state index in [1.54, 1.807) is 11.8 Å². The van der Waals surface area contributed by atoms with Crippen molar-refractivity contribution in [2.24, 2.45) is 0 Å². The van der Waals surface area contributed by atoms with Crippen LogP contribution in [-0.2, 0) is 9.53 Å². The van der Waals surface area contributed by atoms with Crippen LogP contribution in [0, 0.1) is 0 Å². The van der Waals surface area contributed by atoms with Gasteiger partial charge in [0, 0.05) is 4.75 Å². The Morgan fingerprint density at radius 2 is 1.57 bits per heavy atom. The van der Waals surface area contributed by atoms with Crippen LogP contribution in [0.5, 0.6) is 0 Å². The lowest BCUT2D eigenvalue weighted by molar-refractivity contribution is -0.153. The van der Waals surface area contributed by atoms with E-state index < -0.39 is 0 Å². The molecule has 14 heavy (non-hydrogen) atoms. The van der Waals surface area contributed by atoms with Gasteiger partial charge in [0.25, 0.3) is 0 Å². The van der Waals surface area contributed by atoms with Crippen molar-refractivity contribution >= 4 is 17.7 Å². The maximum absolute atomic E-state index is 11.6.